The second kappa shape index (κ2) is 7.84. The van der Waals surface area contributed by atoms with Crippen LogP contribution < -0.4 is 0 Å². The largest absolute Gasteiger partial charge is 0.468 e. The maximum atomic E-state index is 11.6. The van der Waals surface area contributed by atoms with Gasteiger partial charge in [0.1, 0.15) is 17.3 Å². The van der Waals surface area contributed by atoms with Crippen LogP contribution in [0.5, 0.6) is 0 Å². The number of ether oxygens (including phenoxy) is 1. The summed E-state index contributed by atoms with van der Waals surface area (Å²) in [5, 5.41) is 0. The maximum Gasteiger partial charge on any atom is 0.307 e. The molecule has 2 rings (SSSR count). The fraction of sp³-hybridized carbons (Fsp3) is 0.471. The summed E-state index contributed by atoms with van der Waals surface area (Å²) in [6.07, 6.45) is 2.01. The summed E-state index contributed by atoms with van der Waals surface area (Å²) in [5.41, 5.74) is 1.14. The van der Waals surface area contributed by atoms with Gasteiger partial charge in [-0.3, -0.25) is 9.69 Å². The highest BCUT2D eigenvalue weighted by Crippen LogP contribution is 2.17. The number of hydrogen-bond acceptors (Lipinski definition) is 5. The van der Waals surface area contributed by atoms with Gasteiger partial charge in [-0.1, -0.05) is 0 Å². The van der Waals surface area contributed by atoms with Gasteiger partial charge in [-0.25, -0.2) is 0 Å². The van der Waals surface area contributed by atoms with E-state index in [9.17, 15) is 4.79 Å². The Labute approximate surface area is 130 Å². The molecular formula is C17H23NO4. The molecule has 0 aromatic carbocycles. The zero-order chi connectivity index (χ0) is 15.9. The smallest absolute Gasteiger partial charge is 0.307 e. The molecule has 0 amide bonds. The van der Waals surface area contributed by atoms with E-state index in [2.05, 4.69) is 4.90 Å². The second-order valence-electron chi connectivity index (χ2n) is 5.30. The molecule has 0 radical (unpaired) electrons. The van der Waals surface area contributed by atoms with Crippen molar-refractivity contribution in [2.24, 2.45) is 0 Å². The molecule has 0 unspecified atom stereocenters. The Hall–Kier alpha value is -2.01. The molecule has 2 aromatic heterocycles. The number of rotatable bonds is 8. The molecular weight excluding hydrogens is 282 g/mol. The molecule has 120 valence electrons. The summed E-state index contributed by atoms with van der Waals surface area (Å²) in [6.45, 7) is 8.06. The molecule has 0 fully saturated rings. The van der Waals surface area contributed by atoms with Crippen LogP contribution in [0.25, 0.3) is 0 Å². The molecule has 0 aliphatic carbocycles. The topological polar surface area (TPSA) is 55.8 Å². The van der Waals surface area contributed by atoms with Gasteiger partial charge in [-0.2, -0.15) is 0 Å². The van der Waals surface area contributed by atoms with Crippen LogP contribution in [0.1, 0.15) is 36.2 Å². The number of hydrogen-bond donors (Lipinski definition) is 0. The molecule has 22 heavy (non-hydrogen) atoms. The molecule has 0 atom stereocenters. The molecule has 0 aliphatic heterocycles. The van der Waals surface area contributed by atoms with Crippen LogP contribution in [0.3, 0.4) is 0 Å². The molecule has 0 aliphatic rings. The number of carbonyl (C=O) groups excluding carboxylic acids is 1. The van der Waals surface area contributed by atoms with Crippen LogP contribution in [0, 0.1) is 13.8 Å². The van der Waals surface area contributed by atoms with Crippen molar-refractivity contribution in [3.63, 3.8) is 0 Å². The highest BCUT2D eigenvalue weighted by molar-refractivity contribution is 5.69. The maximum absolute atomic E-state index is 11.6. The third-order valence-corrected chi connectivity index (χ3v) is 3.49. The van der Waals surface area contributed by atoms with Crippen LogP contribution in [-0.2, 0) is 22.6 Å². The minimum atomic E-state index is -0.182. The summed E-state index contributed by atoms with van der Waals surface area (Å²) < 4.78 is 16.1. The summed E-state index contributed by atoms with van der Waals surface area (Å²) >= 11 is 0. The number of aryl methyl sites for hydroxylation is 2. The zero-order valence-electron chi connectivity index (χ0n) is 13.4. The number of esters is 1. The first kappa shape index (κ1) is 16.4. The van der Waals surface area contributed by atoms with Gasteiger partial charge < -0.3 is 13.6 Å². The molecule has 0 bridgehead atoms. The molecule has 0 spiro atoms. The van der Waals surface area contributed by atoms with E-state index in [1.807, 2.05) is 39.0 Å². The van der Waals surface area contributed by atoms with E-state index in [0.29, 0.717) is 32.7 Å². The first-order valence-electron chi connectivity index (χ1n) is 7.54. The second-order valence-corrected chi connectivity index (χ2v) is 5.30. The minimum Gasteiger partial charge on any atom is -0.468 e. The van der Waals surface area contributed by atoms with Crippen LogP contribution >= 0.6 is 0 Å². The van der Waals surface area contributed by atoms with E-state index >= 15 is 0 Å². The average molecular weight is 305 g/mol. The Kier molecular flexibility index (Phi) is 5.83. The predicted molar refractivity (Wildman–Crippen MR) is 82.3 cm³/mol. The highest BCUT2D eigenvalue weighted by Gasteiger charge is 2.14. The van der Waals surface area contributed by atoms with Crippen molar-refractivity contribution in [2.75, 3.05) is 13.2 Å². The zero-order valence-corrected chi connectivity index (χ0v) is 13.4. The quantitative estimate of drug-likeness (QED) is 0.699. The number of nitrogens with zero attached hydrogens (tertiary/aromatic N) is 1. The Morgan fingerprint density at radius 1 is 1.27 bits per heavy atom. The molecule has 0 saturated carbocycles. The molecule has 5 nitrogen and oxygen atoms in total. The number of carbonyl (C=O) groups is 1. The van der Waals surface area contributed by atoms with Crippen LogP contribution in [0.15, 0.2) is 33.3 Å². The van der Waals surface area contributed by atoms with E-state index in [0.717, 1.165) is 22.8 Å². The van der Waals surface area contributed by atoms with Crippen LogP contribution in [0.4, 0.5) is 0 Å². The van der Waals surface area contributed by atoms with E-state index in [1.54, 1.807) is 6.26 Å². The van der Waals surface area contributed by atoms with Gasteiger partial charge in [0, 0.05) is 6.54 Å². The average Bonchev–Trinajstić information content (AvgIpc) is 3.07. The first-order chi connectivity index (χ1) is 10.6. The molecule has 2 heterocycles. The first-order valence-corrected chi connectivity index (χ1v) is 7.54. The number of furan rings is 2. The van der Waals surface area contributed by atoms with Gasteiger partial charge in [0.2, 0.25) is 0 Å². The fourth-order valence-electron chi connectivity index (χ4n) is 2.27. The van der Waals surface area contributed by atoms with Crippen molar-refractivity contribution in [1.82, 2.24) is 4.90 Å². The van der Waals surface area contributed by atoms with E-state index < -0.39 is 0 Å². The lowest BCUT2D eigenvalue weighted by Crippen LogP contribution is -2.26. The molecule has 0 N–H and O–H groups in total. The lowest BCUT2D eigenvalue weighted by atomic mass is 10.2. The summed E-state index contributed by atoms with van der Waals surface area (Å²) in [7, 11) is 0. The van der Waals surface area contributed by atoms with E-state index in [-0.39, 0.29) is 5.97 Å². The Balaban J connectivity index is 1.98. The summed E-state index contributed by atoms with van der Waals surface area (Å²) in [4.78, 5) is 13.7. The van der Waals surface area contributed by atoms with Crippen molar-refractivity contribution in [3.05, 3.63) is 47.3 Å². The minimum absolute atomic E-state index is 0.182. The molecule has 5 heteroatoms. The highest BCUT2D eigenvalue weighted by atomic mass is 16.5. The van der Waals surface area contributed by atoms with Crippen molar-refractivity contribution in [1.29, 1.82) is 0 Å². The normalized spacial score (nSPS) is 11.1. The van der Waals surface area contributed by atoms with Crippen molar-refractivity contribution in [2.45, 2.75) is 40.3 Å². The Morgan fingerprint density at radius 2 is 2.05 bits per heavy atom. The molecule has 0 saturated heterocycles. The third kappa shape index (κ3) is 4.77. The Bertz CT molecular complexity index is 566. The monoisotopic (exact) mass is 305 g/mol. The van der Waals surface area contributed by atoms with Gasteiger partial charge >= 0.3 is 5.97 Å². The van der Waals surface area contributed by atoms with Gasteiger partial charge in [-0.05, 0) is 44.5 Å². The lowest BCUT2D eigenvalue weighted by Gasteiger charge is -2.19. The van der Waals surface area contributed by atoms with Gasteiger partial charge in [0.05, 0.1) is 32.4 Å². The van der Waals surface area contributed by atoms with E-state index in [1.165, 1.54) is 0 Å². The van der Waals surface area contributed by atoms with Crippen molar-refractivity contribution in [3.8, 4) is 0 Å². The standard InChI is InChI=1S/C17H23NO4/c1-4-20-17(19)7-8-18(11-15-6-5-9-21-15)12-16-10-13(2)14(3)22-16/h5-6,9-10H,4,7-8,11-12H2,1-3H3. The molecule has 2 aromatic rings. The summed E-state index contributed by atoms with van der Waals surface area (Å²) in [5.74, 6) is 2.51. The van der Waals surface area contributed by atoms with Crippen LogP contribution in [0.2, 0.25) is 0 Å². The SMILES string of the molecule is CCOC(=O)CCN(Cc1ccco1)Cc1cc(C)c(C)o1. The third-order valence-electron chi connectivity index (χ3n) is 3.49. The van der Waals surface area contributed by atoms with E-state index in [4.69, 9.17) is 13.6 Å². The Morgan fingerprint density at radius 3 is 2.64 bits per heavy atom. The van der Waals surface area contributed by atoms with Crippen molar-refractivity contribution >= 4 is 5.97 Å². The lowest BCUT2D eigenvalue weighted by molar-refractivity contribution is -0.143. The fourth-order valence-corrected chi connectivity index (χ4v) is 2.27. The van der Waals surface area contributed by atoms with Crippen molar-refractivity contribution < 1.29 is 18.4 Å². The van der Waals surface area contributed by atoms with Crippen LogP contribution in [-0.4, -0.2) is 24.0 Å². The van der Waals surface area contributed by atoms with Gasteiger partial charge in [-0.15, -0.1) is 0 Å². The predicted octanol–water partition coefficient (Wildman–Crippen LogP) is 3.44. The van der Waals surface area contributed by atoms with Gasteiger partial charge in [0.25, 0.3) is 0 Å². The van der Waals surface area contributed by atoms with Gasteiger partial charge in [0.15, 0.2) is 0 Å². The summed E-state index contributed by atoms with van der Waals surface area (Å²) in [6, 6.07) is 5.82.